The van der Waals surface area contributed by atoms with Crippen molar-refractivity contribution < 1.29 is 39.0 Å². The molecule has 12 aromatic carbocycles. The summed E-state index contributed by atoms with van der Waals surface area (Å²) in [6.07, 6.45) is 2.28. The van der Waals surface area contributed by atoms with Crippen LogP contribution in [0.5, 0.6) is 0 Å². The van der Waals surface area contributed by atoms with Gasteiger partial charge in [0.25, 0.3) is 0 Å². The molecule has 0 saturated heterocycles. The summed E-state index contributed by atoms with van der Waals surface area (Å²) in [4.78, 5) is 0. The molecule has 4 nitrogen and oxygen atoms in total. The Morgan fingerprint density at radius 1 is 0.325 bits per heavy atom. The van der Waals surface area contributed by atoms with E-state index in [0.717, 1.165) is 76.0 Å². The Kier molecular flexibility index (Phi) is 14.9. The first-order valence-corrected chi connectivity index (χ1v) is 27.2. The third-order valence-corrected chi connectivity index (χ3v) is 16.3. The van der Waals surface area contributed by atoms with E-state index in [-0.39, 0.29) is 29.8 Å². The second kappa shape index (κ2) is 21.9. The van der Waals surface area contributed by atoms with Crippen LogP contribution >= 0.6 is 31.9 Å². The number of rotatable bonds is 7. The molecule has 77 heavy (non-hydrogen) atoms. The zero-order chi connectivity index (χ0) is 52.2. The van der Waals surface area contributed by atoms with E-state index in [9.17, 15) is 20.1 Å². The molecule has 0 aliphatic heterocycles. The summed E-state index contributed by atoms with van der Waals surface area (Å²) in [5, 5.41) is 49.6. The van der Waals surface area contributed by atoms with E-state index >= 15 is 0 Å². The zero-order valence-electron chi connectivity index (χ0n) is 42.6. The van der Waals surface area contributed by atoms with Crippen LogP contribution in [0.3, 0.4) is 0 Å². The molecule has 2 aliphatic carbocycles. The summed E-state index contributed by atoms with van der Waals surface area (Å²) in [5.74, 6) is 0. The van der Waals surface area contributed by atoms with Gasteiger partial charge in [-0.25, -0.2) is 0 Å². The fourth-order valence-electron chi connectivity index (χ4n) is 11.8. The van der Waals surface area contributed by atoms with E-state index in [2.05, 4.69) is 203 Å². The largest absolute Gasteiger partial charge is 1.00 e. The number of halogens is 2. The third-order valence-electron chi connectivity index (χ3n) is 15.0. The number of fused-ring (bicyclic) bond motifs is 8. The van der Waals surface area contributed by atoms with E-state index in [1.54, 1.807) is 12.1 Å². The fraction of sp³-hybridized carbons (Fsp3) is 0.0441. The third kappa shape index (κ3) is 8.82. The van der Waals surface area contributed by atoms with Gasteiger partial charge in [0, 0.05) is 14.3 Å². The summed E-state index contributed by atoms with van der Waals surface area (Å²) in [7, 11) is -3.52. The Morgan fingerprint density at radius 2 is 0.571 bits per heavy atom. The minimum Gasteiger partial charge on any atom is -0.423 e. The molecule has 4 N–H and O–H groups in total. The minimum atomic E-state index is -1.76. The smallest absolute Gasteiger partial charge is 0.423 e. The predicted octanol–water partition coefficient (Wildman–Crippen LogP) is 13.5. The fourth-order valence-corrected chi connectivity index (χ4v) is 13.2. The van der Waals surface area contributed by atoms with E-state index in [1.807, 2.05) is 48.5 Å². The zero-order valence-corrected chi connectivity index (χ0v) is 45.8. The van der Waals surface area contributed by atoms with Crippen molar-refractivity contribution in [2.75, 3.05) is 0 Å². The van der Waals surface area contributed by atoms with Gasteiger partial charge in [-0.3, -0.25) is 0 Å². The Labute approximate surface area is 478 Å². The van der Waals surface area contributed by atoms with Crippen LogP contribution in [0.4, 0.5) is 0 Å². The number of benzene rings is 12. The predicted molar refractivity (Wildman–Crippen MR) is 329 cm³/mol. The second-order valence-electron chi connectivity index (χ2n) is 19.3. The van der Waals surface area contributed by atoms with Crippen molar-refractivity contribution in [3.63, 3.8) is 0 Å². The van der Waals surface area contributed by atoms with Crippen LogP contribution < -0.4 is 29.8 Å². The summed E-state index contributed by atoms with van der Waals surface area (Å²) >= 11 is 7.66. The first kappa shape index (κ1) is 52.3. The molecule has 366 valence electrons. The van der Waals surface area contributed by atoms with Gasteiger partial charge in [0.15, 0.2) is 0 Å². The summed E-state index contributed by atoms with van der Waals surface area (Å²) in [6.45, 7) is 5.72. The molecule has 0 unspecified atom stereocenters. The Bertz CT molecular complexity index is 3950. The maximum absolute atomic E-state index is 10.3. The van der Waals surface area contributed by atoms with Crippen molar-refractivity contribution in [2.45, 2.75) is 19.8 Å². The Balaban J connectivity index is 0.000000152. The van der Waals surface area contributed by atoms with Crippen LogP contribution in [0.25, 0.3) is 132 Å². The molecule has 0 saturated carbocycles. The molecule has 2 aliphatic rings. The van der Waals surface area contributed by atoms with Gasteiger partial charge in [0.05, 0.1) is 0 Å². The summed E-state index contributed by atoms with van der Waals surface area (Å²) in [6, 6.07) is 75.7. The number of unbranched alkanes of at least 4 members (excludes halogenated alkanes) is 1. The quantitative estimate of drug-likeness (QED) is 0.0947. The number of hydrogen-bond donors (Lipinski definition) is 4. The van der Waals surface area contributed by atoms with Crippen LogP contribution in [0.15, 0.2) is 227 Å². The van der Waals surface area contributed by atoms with Gasteiger partial charge in [-0.15, -0.1) is 0 Å². The SMILES string of the molecule is Brc1ccc2c3c(ccc(Br)c13)-c1c-2c(-c2ccccc2)c2ccccc2c1-c1ccccc1.OB(O)c1ccc2c3c(ccc(B(O)O)c13)-c1c-2c(-c2ccccc2)c2ccccc2c1-c1ccccc1.[CH2-]CCC.[Li+]. The Hall–Kier alpha value is -6.79. The summed E-state index contributed by atoms with van der Waals surface area (Å²) in [5.41, 5.74) is 19.2. The van der Waals surface area contributed by atoms with Crippen LogP contribution in [-0.2, 0) is 0 Å². The molecule has 0 spiro atoms. The molecule has 0 amide bonds. The van der Waals surface area contributed by atoms with Gasteiger partial charge in [-0.2, -0.15) is 6.42 Å². The van der Waals surface area contributed by atoms with Crippen molar-refractivity contribution in [3.8, 4) is 89.0 Å². The molecule has 0 atom stereocenters. The molecule has 0 aromatic heterocycles. The maximum atomic E-state index is 10.3. The van der Waals surface area contributed by atoms with E-state index in [1.165, 1.54) is 72.5 Å². The van der Waals surface area contributed by atoms with E-state index in [4.69, 9.17) is 0 Å². The topological polar surface area (TPSA) is 80.9 Å². The molecule has 0 radical (unpaired) electrons. The minimum absolute atomic E-state index is 0. The molecule has 0 fully saturated rings. The Morgan fingerprint density at radius 3 is 0.831 bits per heavy atom. The van der Waals surface area contributed by atoms with Crippen molar-refractivity contribution in [1.82, 2.24) is 0 Å². The first-order valence-electron chi connectivity index (χ1n) is 25.6. The average Bonchev–Trinajstić information content (AvgIpc) is 4.00. The first-order chi connectivity index (χ1) is 37.2. The van der Waals surface area contributed by atoms with E-state index < -0.39 is 14.2 Å². The monoisotopic (exact) mass is 1120 g/mol. The van der Waals surface area contributed by atoms with Gasteiger partial charge in [-0.05, 0) is 150 Å². The van der Waals surface area contributed by atoms with Gasteiger partial charge in [0.1, 0.15) is 0 Å². The van der Waals surface area contributed by atoms with Crippen molar-refractivity contribution in [1.29, 1.82) is 0 Å². The van der Waals surface area contributed by atoms with Crippen LogP contribution in [0, 0.1) is 6.92 Å². The second-order valence-corrected chi connectivity index (χ2v) is 21.0. The van der Waals surface area contributed by atoms with Crippen molar-refractivity contribution in [2.24, 2.45) is 0 Å². The van der Waals surface area contributed by atoms with E-state index in [0.29, 0.717) is 5.39 Å². The molecular formula is C68H49B2Br2LiO4. The van der Waals surface area contributed by atoms with Gasteiger partial charge in [0.2, 0.25) is 0 Å². The standard InChI is InChI=1S/C32H22B2O4.C32H18Br2.C4H9.Li/c35-33(36)25-17-15-23-29-24(16-18-26(32(25)29)34(37)38)31-28(20-11-5-2-6-12-20)22-14-8-7-13-21(22)27(30(23)31)19-9-3-1-4-10-19;33-25-17-15-23-29-24(16-18-26(34)32(25)29)31-28(20-11-5-2-6-12-20)22-14-8-7-13-21(22)27(30(23)31)19-9-3-1-4-10-19;1-3-4-2;/h1-18,35-38H;1-18H;1,3-4H2,2H3;/q;;-1;+1. The average molecular weight is 1120 g/mol. The molecule has 12 aromatic rings. The van der Waals surface area contributed by atoms with Crippen LogP contribution in [0.1, 0.15) is 19.8 Å². The summed E-state index contributed by atoms with van der Waals surface area (Å²) < 4.78 is 2.22. The molecule has 0 bridgehead atoms. The van der Waals surface area contributed by atoms with Crippen molar-refractivity contribution in [3.05, 3.63) is 234 Å². The normalized spacial score (nSPS) is 11.4. The van der Waals surface area contributed by atoms with Gasteiger partial charge < -0.3 is 27.0 Å². The van der Waals surface area contributed by atoms with Crippen molar-refractivity contribution >= 4 is 100 Å². The number of hydrogen-bond acceptors (Lipinski definition) is 4. The molecule has 14 rings (SSSR count). The maximum Gasteiger partial charge on any atom is 1.00 e. The molecule has 0 heterocycles. The molecular weight excluding hydrogens is 1070 g/mol. The van der Waals surface area contributed by atoms with Gasteiger partial charge >= 0.3 is 33.1 Å². The van der Waals surface area contributed by atoms with Gasteiger partial charge in [-0.1, -0.05) is 251 Å². The van der Waals surface area contributed by atoms with Crippen LogP contribution in [0.2, 0.25) is 0 Å². The molecule has 9 heteroatoms. The van der Waals surface area contributed by atoms with Crippen LogP contribution in [-0.4, -0.2) is 34.3 Å².